The first kappa shape index (κ1) is 14.2. The van der Waals surface area contributed by atoms with Crippen molar-refractivity contribution in [2.24, 2.45) is 0 Å². The number of unbranched alkanes of at least 4 members (excludes halogenated alkanes) is 3. The summed E-state index contributed by atoms with van der Waals surface area (Å²) in [7, 11) is 0. The molecule has 0 spiro atoms. The van der Waals surface area contributed by atoms with E-state index in [2.05, 4.69) is 6.92 Å². The molecular weight excluding hydrogens is 239 g/mol. The fourth-order valence-corrected chi connectivity index (χ4v) is 1.92. The van der Waals surface area contributed by atoms with Crippen molar-refractivity contribution < 1.29 is 9.18 Å². The molecule has 1 unspecified atom stereocenters. The van der Waals surface area contributed by atoms with E-state index in [1.54, 1.807) is 12.1 Å². The molecular formula is C14H18ClFO. The second-order valence-electron chi connectivity index (χ2n) is 4.19. The lowest BCUT2D eigenvalue weighted by Gasteiger charge is -2.08. The van der Waals surface area contributed by atoms with Gasteiger partial charge in [-0.05, 0) is 24.1 Å². The zero-order chi connectivity index (χ0) is 12.7. The summed E-state index contributed by atoms with van der Waals surface area (Å²) in [6, 6.07) is 5.79. The Bertz CT molecular complexity index is 348. The number of ketones is 1. The van der Waals surface area contributed by atoms with E-state index < -0.39 is 5.38 Å². The zero-order valence-electron chi connectivity index (χ0n) is 10.1. The van der Waals surface area contributed by atoms with Gasteiger partial charge in [0.05, 0.1) is 0 Å². The molecule has 0 saturated carbocycles. The molecule has 1 atom stereocenters. The number of carbonyl (C=O) groups excluding carboxylic acids is 1. The molecule has 0 N–H and O–H groups in total. The summed E-state index contributed by atoms with van der Waals surface area (Å²) >= 11 is 6.05. The molecule has 0 aliphatic heterocycles. The van der Waals surface area contributed by atoms with Crippen molar-refractivity contribution in [3.05, 3.63) is 35.6 Å². The molecule has 0 aromatic heterocycles. The van der Waals surface area contributed by atoms with Gasteiger partial charge in [-0.25, -0.2) is 4.39 Å². The largest absolute Gasteiger partial charge is 0.298 e. The third kappa shape index (κ3) is 4.86. The number of rotatable bonds is 7. The molecule has 1 nitrogen and oxygen atoms in total. The summed E-state index contributed by atoms with van der Waals surface area (Å²) in [6.45, 7) is 2.13. The van der Waals surface area contributed by atoms with Gasteiger partial charge in [0.25, 0.3) is 0 Å². The maximum Gasteiger partial charge on any atom is 0.155 e. The van der Waals surface area contributed by atoms with E-state index in [1.165, 1.54) is 12.1 Å². The van der Waals surface area contributed by atoms with Crippen LogP contribution in [0.4, 0.5) is 4.39 Å². The summed E-state index contributed by atoms with van der Waals surface area (Å²) in [5.74, 6) is -0.289. The summed E-state index contributed by atoms with van der Waals surface area (Å²) in [4.78, 5) is 11.8. The zero-order valence-corrected chi connectivity index (χ0v) is 10.8. The second kappa shape index (κ2) is 7.44. The minimum Gasteiger partial charge on any atom is -0.298 e. The van der Waals surface area contributed by atoms with Gasteiger partial charge >= 0.3 is 0 Å². The van der Waals surface area contributed by atoms with Crippen molar-refractivity contribution in [2.75, 3.05) is 0 Å². The number of Topliss-reactive ketones (excluding diaryl/α,β-unsaturated/α-hetero) is 1. The molecule has 0 aliphatic rings. The van der Waals surface area contributed by atoms with E-state index >= 15 is 0 Å². The van der Waals surface area contributed by atoms with Crippen molar-refractivity contribution >= 4 is 17.4 Å². The maximum absolute atomic E-state index is 12.7. The van der Waals surface area contributed by atoms with Crippen LogP contribution in [0.25, 0.3) is 0 Å². The lowest BCUT2D eigenvalue weighted by atomic mass is 10.0. The Morgan fingerprint density at radius 2 is 1.88 bits per heavy atom. The fraction of sp³-hybridized carbons (Fsp3) is 0.500. The van der Waals surface area contributed by atoms with Crippen molar-refractivity contribution in [1.82, 2.24) is 0 Å². The fourth-order valence-electron chi connectivity index (χ4n) is 1.67. The summed E-state index contributed by atoms with van der Waals surface area (Å²) < 4.78 is 12.7. The predicted molar refractivity (Wildman–Crippen MR) is 68.8 cm³/mol. The molecule has 1 aromatic rings. The van der Waals surface area contributed by atoms with Crippen LogP contribution in [0.15, 0.2) is 24.3 Å². The van der Waals surface area contributed by atoms with Crippen LogP contribution in [0.5, 0.6) is 0 Å². The molecule has 0 radical (unpaired) electrons. The number of hydrogen-bond donors (Lipinski definition) is 0. The highest BCUT2D eigenvalue weighted by Gasteiger charge is 2.16. The molecule has 0 aliphatic carbocycles. The smallest absolute Gasteiger partial charge is 0.155 e. The van der Waals surface area contributed by atoms with Gasteiger partial charge in [-0.1, -0.05) is 38.3 Å². The number of halogens is 2. The maximum atomic E-state index is 12.7. The summed E-state index contributed by atoms with van der Waals surface area (Å²) in [5.41, 5.74) is 0.675. The third-order valence-corrected chi connectivity index (χ3v) is 3.22. The molecule has 0 heterocycles. The molecule has 0 amide bonds. The highest BCUT2D eigenvalue weighted by Crippen LogP contribution is 2.24. The standard InChI is InChI=1S/C14H18ClFO/c1-2-3-4-5-6-13(17)14(15)11-7-9-12(16)10-8-11/h7-10,14H,2-6H2,1H3. The van der Waals surface area contributed by atoms with Gasteiger partial charge in [0.2, 0.25) is 0 Å². The third-order valence-electron chi connectivity index (χ3n) is 2.72. The Balaban J connectivity index is 2.43. The van der Waals surface area contributed by atoms with Crippen LogP contribution in [0, 0.1) is 5.82 Å². The van der Waals surface area contributed by atoms with Crippen LogP contribution in [0.1, 0.15) is 50.0 Å². The SMILES string of the molecule is CCCCCCC(=O)C(Cl)c1ccc(F)cc1. The van der Waals surface area contributed by atoms with Gasteiger partial charge in [-0.15, -0.1) is 11.6 Å². The van der Waals surface area contributed by atoms with Crippen LogP contribution in [-0.2, 0) is 4.79 Å². The van der Waals surface area contributed by atoms with Crippen LogP contribution in [0.3, 0.4) is 0 Å². The Morgan fingerprint density at radius 1 is 1.24 bits per heavy atom. The molecule has 1 aromatic carbocycles. The van der Waals surface area contributed by atoms with Gasteiger partial charge in [0.1, 0.15) is 11.2 Å². The van der Waals surface area contributed by atoms with Gasteiger partial charge in [0.15, 0.2) is 5.78 Å². The topological polar surface area (TPSA) is 17.1 Å². The molecule has 0 saturated heterocycles. The average molecular weight is 257 g/mol. The number of hydrogen-bond acceptors (Lipinski definition) is 1. The average Bonchev–Trinajstić information content (AvgIpc) is 2.34. The van der Waals surface area contributed by atoms with E-state index in [1.807, 2.05) is 0 Å². The Labute approximate surface area is 107 Å². The Kier molecular flexibility index (Phi) is 6.20. The van der Waals surface area contributed by atoms with E-state index in [-0.39, 0.29) is 11.6 Å². The molecule has 0 fully saturated rings. The molecule has 0 bridgehead atoms. The van der Waals surface area contributed by atoms with Gasteiger partial charge in [0, 0.05) is 6.42 Å². The van der Waals surface area contributed by atoms with E-state index in [9.17, 15) is 9.18 Å². The number of carbonyl (C=O) groups is 1. The monoisotopic (exact) mass is 256 g/mol. The van der Waals surface area contributed by atoms with Crippen molar-refractivity contribution in [2.45, 2.75) is 44.4 Å². The predicted octanol–water partition coefficient (Wildman–Crippen LogP) is 4.65. The van der Waals surface area contributed by atoms with Crippen molar-refractivity contribution in [1.29, 1.82) is 0 Å². The van der Waals surface area contributed by atoms with Gasteiger partial charge in [-0.3, -0.25) is 4.79 Å². The lowest BCUT2D eigenvalue weighted by molar-refractivity contribution is -0.118. The van der Waals surface area contributed by atoms with E-state index in [0.717, 1.165) is 25.7 Å². The molecule has 94 valence electrons. The minimum absolute atomic E-state index is 0.0226. The van der Waals surface area contributed by atoms with Gasteiger partial charge in [-0.2, -0.15) is 0 Å². The molecule has 3 heteroatoms. The second-order valence-corrected chi connectivity index (χ2v) is 4.63. The van der Waals surface area contributed by atoms with Crippen LogP contribution in [-0.4, -0.2) is 5.78 Å². The summed E-state index contributed by atoms with van der Waals surface area (Å²) in [5, 5.41) is -0.641. The Hall–Kier alpha value is -0.890. The Morgan fingerprint density at radius 3 is 2.47 bits per heavy atom. The minimum atomic E-state index is -0.641. The number of alkyl halides is 1. The first-order valence-corrected chi connectivity index (χ1v) is 6.51. The van der Waals surface area contributed by atoms with Crippen LogP contribution in [0.2, 0.25) is 0 Å². The highest BCUT2D eigenvalue weighted by molar-refractivity contribution is 6.31. The molecule has 17 heavy (non-hydrogen) atoms. The van der Waals surface area contributed by atoms with Crippen molar-refractivity contribution in [3.63, 3.8) is 0 Å². The summed E-state index contributed by atoms with van der Waals surface area (Å²) in [6.07, 6.45) is 4.76. The van der Waals surface area contributed by atoms with E-state index in [4.69, 9.17) is 11.6 Å². The first-order chi connectivity index (χ1) is 8.15. The van der Waals surface area contributed by atoms with E-state index in [0.29, 0.717) is 12.0 Å². The normalized spacial score (nSPS) is 12.4. The first-order valence-electron chi connectivity index (χ1n) is 6.07. The quantitative estimate of drug-likeness (QED) is 0.513. The number of benzene rings is 1. The van der Waals surface area contributed by atoms with Gasteiger partial charge < -0.3 is 0 Å². The van der Waals surface area contributed by atoms with Crippen LogP contribution >= 0.6 is 11.6 Å². The van der Waals surface area contributed by atoms with Crippen molar-refractivity contribution in [3.8, 4) is 0 Å². The highest BCUT2D eigenvalue weighted by atomic mass is 35.5. The molecule has 1 rings (SSSR count). The van der Waals surface area contributed by atoms with Crippen LogP contribution < -0.4 is 0 Å². The lowest BCUT2D eigenvalue weighted by Crippen LogP contribution is -2.06.